The number of benzene rings is 2. The molecule has 0 saturated carbocycles. The molecule has 0 N–H and O–H groups in total. The quantitative estimate of drug-likeness (QED) is 0.810. The van der Waals surface area contributed by atoms with Crippen molar-refractivity contribution >= 4 is 17.5 Å². The largest absolute Gasteiger partial charge is 0.274 e. The molecule has 0 spiro atoms. The molecule has 3 rings (SSSR count). The fourth-order valence-corrected chi connectivity index (χ4v) is 3.29. The number of hydrogen-bond acceptors (Lipinski definition) is 2. The van der Waals surface area contributed by atoms with E-state index in [1.165, 1.54) is 16.0 Å². The van der Waals surface area contributed by atoms with Crippen molar-refractivity contribution in [2.24, 2.45) is 5.92 Å². The minimum Gasteiger partial charge on any atom is -0.274 e. The van der Waals surface area contributed by atoms with Gasteiger partial charge in [0.15, 0.2) is 0 Å². The molecular weight excluding hydrogens is 286 g/mol. The van der Waals surface area contributed by atoms with E-state index in [4.69, 9.17) is 0 Å². The van der Waals surface area contributed by atoms with Crippen molar-refractivity contribution < 1.29 is 9.59 Å². The van der Waals surface area contributed by atoms with Gasteiger partial charge in [0.2, 0.25) is 11.8 Å². The summed E-state index contributed by atoms with van der Waals surface area (Å²) in [7, 11) is 0. The maximum Gasteiger partial charge on any atom is 0.237 e. The molecule has 118 valence electrons. The molecule has 1 atom stereocenters. The standard InChI is InChI=1S/C20H21NO2/c1-13-4-6-18(7-5-13)21-19(22)12-17(20(21)23)11-16-9-14(2)8-15(3)10-16/h4-10,17H,11-12H2,1-3H3/t17-/m1/s1. The van der Waals surface area contributed by atoms with Gasteiger partial charge in [-0.3, -0.25) is 14.5 Å². The number of aryl methyl sites for hydroxylation is 3. The van der Waals surface area contributed by atoms with Crippen LogP contribution in [0.25, 0.3) is 0 Å². The van der Waals surface area contributed by atoms with E-state index >= 15 is 0 Å². The summed E-state index contributed by atoms with van der Waals surface area (Å²) in [6, 6.07) is 13.8. The van der Waals surface area contributed by atoms with E-state index < -0.39 is 0 Å². The highest BCUT2D eigenvalue weighted by atomic mass is 16.2. The van der Waals surface area contributed by atoms with Gasteiger partial charge >= 0.3 is 0 Å². The summed E-state index contributed by atoms with van der Waals surface area (Å²) in [5.41, 5.74) is 5.28. The average Bonchev–Trinajstić information content (AvgIpc) is 2.74. The molecule has 1 saturated heterocycles. The predicted octanol–water partition coefficient (Wildman–Crippen LogP) is 3.73. The van der Waals surface area contributed by atoms with Gasteiger partial charge in [-0.25, -0.2) is 0 Å². The van der Waals surface area contributed by atoms with Gasteiger partial charge in [0.25, 0.3) is 0 Å². The molecule has 23 heavy (non-hydrogen) atoms. The van der Waals surface area contributed by atoms with Crippen LogP contribution < -0.4 is 4.90 Å². The summed E-state index contributed by atoms with van der Waals surface area (Å²) < 4.78 is 0. The normalized spacial score (nSPS) is 17.9. The molecule has 2 aromatic carbocycles. The molecule has 2 aromatic rings. The predicted molar refractivity (Wildman–Crippen MR) is 91.4 cm³/mol. The molecule has 1 aliphatic rings. The molecule has 0 bridgehead atoms. The van der Waals surface area contributed by atoms with Crippen molar-refractivity contribution in [3.63, 3.8) is 0 Å². The summed E-state index contributed by atoms with van der Waals surface area (Å²) in [4.78, 5) is 26.3. The lowest BCUT2D eigenvalue weighted by atomic mass is 9.95. The van der Waals surface area contributed by atoms with Crippen LogP contribution in [0.3, 0.4) is 0 Å². The SMILES string of the molecule is Cc1ccc(N2C(=O)C[C@@H](Cc3cc(C)cc(C)c3)C2=O)cc1. The minimum atomic E-state index is -0.259. The Labute approximate surface area is 136 Å². The lowest BCUT2D eigenvalue weighted by Gasteiger charge is -2.15. The number of imide groups is 1. The van der Waals surface area contributed by atoms with Crippen LogP contribution in [0.4, 0.5) is 5.69 Å². The number of carbonyl (C=O) groups is 2. The van der Waals surface area contributed by atoms with Crippen molar-refractivity contribution in [2.75, 3.05) is 4.90 Å². The zero-order chi connectivity index (χ0) is 16.6. The molecular formula is C20H21NO2. The molecule has 1 fully saturated rings. The van der Waals surface area contributed by atoms with E-state index in [9.17, 15) is 9.59 Å². The fraction of sp³-hybridized carbons (Fsp3) is 0.300. The number of amides is 2. The molecule has 0 unspecified atom stereocenters. The minimum absolute atomic E-state index is 0.0852. The van der Waals surface area contributed by atoms with Crippen LogP contribution in [0.1, 0.15) is 28.7 Å². The molecule has 1 aliphatic heterocycles. The lowest BCUT2D eigenvalue weighted by molar-refractivity contribution is -0.122. The van der Waals surface area contributed by atoms with Gasteiger partial charge in [-0.15, -0.1) is 0 Å². The molecule has 3 heteroatoms. The van der Waals surface area contributed by atoms with Crippen LogP contribution >= 0.6 is 0 Å². The van der Waals surface area contributed by atoms with Crippen molar-refractivity contribution in [1.82, 2.24) is 0 Å². The monoisotopic (exact) mass is 307 g/mol. The summed E-state index contributed by atoms with van der Waals surface area (Å²) in [6.45, 7) is 6.09. The van der Waals surface area contributed by atoms with Crippen molar-refractivity contribution in [1.29, 1.82) is 0 Å². The van der Waals surface area contributed by atoms with Gasteiger partial charge in [-0.2, -0.15) is 0 Å². The maximum absolute atomic E-state index is 12.7. The van der Waals surface area contributed by atoms with Crippen molar-refractivity contribution in [3.05, 3.63) is 64.7 Å². The van der Waals surface area contributed by atoms with Crippen LogP contribution in [-0.2, 0) is 16.0 Å². The fourth-order valence-electron chi connectivity index (χ4n) is 3.29. The topological polar surface area (TPSA) is 37.4 Å². The van der Waals surface area contributed by atoms with Crippen LogP contribution in [-0.4, -0.2) is 11.8 Å². The number of rotatable bonds is 3. The smallest absolute Gasteiger partial charge is 0.237 e. The van der Waals surface area contributed by atoms with Crippen LogP contribution in [0.15, 0.2) is 42.5 Å². The first-order valence-electron chi connectivity index (χ1n) is 7.94. The third-order valence-corrected chi connectivity index (χ3v) is 4.30. The highest BCUT2D eigenvalue weighted by Gasteiger charge is 2.39. The lowest BCUT2D eigenvalue weighted by Crippen LogP contribution is -2.30. The molecule has 0 aromatic heterocycles. The van der Waals surface area contributed by atoms with Gasteiger partial charge < -0.3 is 0 Å². The first-order valence-corrected chi connectivity index (χ1v) is 7.94. The number of carbonyl (C=O) groups excluding carboxylic acids is 2. The Morgan fingerprint density at radius 1 is 0.913 bits per heavy atom. The Morgan fingerprint density at radius 2 is 1.52 bits per heavy atom. The maximum atomic E-state index is 12.7. The third kappa shape index (κ3) is 3.19. The molecule has 3 nitrogen and oxygen atoms in total. The Kier molecular flexibility index (Phi) is 4.03. The zero-order valence-corrected chi connectivity index (χ0v) is 13.8. The summed E-state index contributed by atoms with van der Waals surface area (Å²) in [6.07, 6.45) is 0.912. The summed E-state index contributed by atoms with van der Waals surface area (Å²) >= 11 is 0. The number of anilines is 1. The van der Waals surface area contributed by atoms with E-state index in [-0.39, 0.29) is 17.7 Å². The number of nitrogens with zero attached hydrogens (tertiary/aromatic N) is 1. The Hall–Kier alpha value is -2.42. The summed E-state index contributed by atoms with van der Waals surface area (Å²) in [5, 5.41) is 0. The van der Waals surface area contributed by atoms with Crippen molar-refractivity contribution in [2.45, 2.75) is 33.6 Å². The second-order valence-electron chi connectivity index (χ2n) is 6.50. The average molecular weight is 307 g/mol. The highest BCUT2D eigenvalue weighted by molar-refractivity contribution is 6.20. The second kappa shape index (κ2) is 5.99. The zero-order valence-electron chi connectivity index (χ0n) is 13.8. The molecule has 1 heterocycles. The Balaban J connectivity index is 1.82. The molecule has 2 amide bonds. The van der Waals surface area contributed by atoms with Gasteiger partial charge in [0, 0.05) is 6.42 Å². The van der Waals surface area contributed by atoms with E-state index in [0.29, 0.717) is 18.5 Å². The first kappa shape index (κ1) is 15.5. The van der Waals surface area contributed by atoms with Gasteiger partial charge in [0.1, 0.15) is 0 Å². The number of hydrogen-bond donors (Lipinski definition) is 0. The second-order valence-corrected chi connectivity index (χ2v) is 6.50. The van der Waals surface area contributed by atoms with Crippen LogP contribution in [0.5, 0.6) is 0 Å². The van der Waals surface area contributed by atoms with E-state index in [1.54, 1.807) is 0 Å². The van der Waals surface area contributed by atoms with Crippen molar-refractivity contribution in [3.8, 4) is 0 Å². The van der Waals surface area contributed by atoms with Crippen LogP contribution in [0.2, 0.25) is 0 Å². The van der Waals surface area contributed by atoms with Crippen LogP contribution in [0, 0.1) is 26.7 Å². The van der Waals surface area contributed by atoms with Gasteiger partial charge in [-0.1, -0.05) is 47.0 Å². The Bertz CT molecular complexity index is 741. The molecule has 0 radical (unpaired) electrons. The van der Waals surface area contributed by atoms with Gasteiger partial charge in [-0.05, 0) is 44.9 Å². The highest BCUT2D eigenvalue weighted by Crippen LogP contribution is 2.29. The Morgan fingerprint density at radius 3 is 2.13 bits per heavy atom. The van der Waals surface area contributed by atoms with Gasteiger partial charge in [0.05, 0.1) is 11.6 Å². The third-order valence-electron chi connectivity index (χ3n) is 4.30. The van der Waals surface area contributed by atoms with E-state index in [1.807, 2.05) is 31.2 Å². The molecule has 0 aliphatic carbocycles. The van der Waals surface area contributed by atoms with E-state index in [2.05, 4.69) is 32.0 Å². The summed E-state index contributed by atoms with van der Waals surface area (Å²) in [5.74, 6) is -0.448. The van der Waals surface area contributed by atoms with E-state index in [0.717, 1.165) is 11.1 Å². The first-order chi connectivity index (χ1) is 10.9.